The number of benzene rings is 1. The van der Waals surface area contributed by atoms with Gasteiger partial charge in [0.15, 0.2) is 0 Å². The standard InChI is InChI=1S/C17H24O2/c1-16(2,3)13-11-15(19)14(17(4,5)6)10-12(13)8-7-9-18/h7-11,19H,1-6H3. The van der Waals surface area contributed by atoms with Gasteiger partial charge in [-0.3, -0.25) is 4.79 Å². The van der Waals surface area contributed by atoms with Crippen LogP contribution in [0, 0.1) is 0 Å². The van der Waals surface area contributed by atoms with Gasteiger partial charge in [0.25, 0.3) is 0 Å². The van der Waals surface area contributed by atoms with Crippen LogP contribution in [-0.2, 0) is 15.6 Å². The van der Waals surface area contributed by atoms with Crippen LogP contribution in [0.2, 0.25) is 0 Å². The molecule has 0 amide bonds. The lowest BCUT2D eigenvalue weighted by Crippen LogP contribution is -2.16. The van der Waals surface area contributed by atoms with E-state index in [9.17, 15) is 9.90 Å². The number of aldehydes is 1. The SMILES string of the molecule is CC(C)(C)c1cc(C=CC=O)c(C(C)(C)C)cc1O. The highest BCUT2D eigenvalue weighted by molar-refractivity contribution is 5.75. The van der Waals surface area contributed by atoms with Crippen molar-refractivity contribution in [1.82, 2.24) is 0 Å². The van der Waals surface area contributed by atoms with Crippen LogP contribution in [-0.4, -0.2) is 11.4 Å². The molecule has 0 saturated carbocycles. The van der Waals surface area contributed by atoms with Gasteiger partial charge in [-0.1, -0.05) is 47.6 Å². The lowest BCUT2D eigenvalue weighted by atomic mass is 9.78. The summed E-state index contributed by atoms with van der Waals surface area (Å²) < 4.78 is 0. The monoisotopic (exact) mass is 260 g/mol. The fourth-order valence-corrected chi connectivity index (χ4v) is 2.14. The van der Waals surface area contributed by atoms with Gasteiger partial charge in [0.05, 0.1) is 0 Å². The molecule has 0 bridgehead atoms. The van der Waals surface area contributed by atoms with Crippen LogP contribution in [0.25, 0.3) is 6.08 Å². The first-order valence-corrected chi connectivity index (χ1v) is 6.57. The van der Waals surface area contributed by atoms with Crippen LogP contribution in [0.5, 0.6) is 5.75 Å². The number of carbonyl (C=O) groups is 1. The third kappa shape index (κ3) is 3.69. The minimum atomic E-state index is -0.135. The lowest BCUT2D eigenvalue weighted by molar-refractivity contribution is -0.104. The summed E-state index contributed by atoms with van der Waals surface area (Å²) in [5, 5.41) is 10.2. The maximum absolute atomic E-state index is 10.6. The molecule has 0 fully saturated rings. The van der Waals surface area contributed by atoms with Crippen molar-refractivity contribution in [2.24, 2.45) is 0 Å². The molecule has 0 unspecified atom stereocenters. The van der Waals surface area contributed by atoms with E-state index in [2.05, 4.69) is 41.5 Å². The minimum Gasteiger partial charge on any atom is -0.508 e. The zero-order valence-corrected chi connectivity index (χ0v) is 12.7. The molecule has 2 heteroatoms. The predicted octanol–water partition coefficient (Wildman–Crippen LogP) is 4.20. The quantitative estimate of drug-likeness (QED) is 0.639. The third-order valence-corrected chi connectivity index (χ3v) is 3.14. The number of rotatable bonds is 2. The highest BCUT2D eigenvalue weighted by Gasteiger charge is 2.24. The molecule has 19 heavy (non-hydrogen) atoms. The molecule has 1 rings (SSSR count). The highest BCUT2D eigenvalue weighted by atomic mass is 16.3. The van der Waals surface area contributed by atoms with Gasteiger partial charge in [0.2, 0.25) is 0 Å². The van der Waals surface area contributed by atoms with E-state index in [1.807, 2.05) is 18.2 Å². The molecule has 1 N–H and O–H groups in total. The van der Waals surface area contributed by atoms with Crippen LogP contribution in [0.3, 0.4) is 0 Å². The first-order valence-electron chi connectivity index (χ1n) is 6.57. The summed E-state index contributed by atoms with van der Waals surface area (Å²) in [7, 11) is 0. The van der Waals surface area contributed by atoms with Crippen molar-refractivity contribution in [3.63, 3.8) is 0 Å². The number of aromatic hydroxyl groups is 1. The van der Waals surface area contributed by atoms with E-state index in [-0.39, 0.29) is 10.8 Å². The van der Waals surface area contributed by atoms with Gasteiger partial charge in [0, 0.05) is 0 Å². The Kier molecular flexibility index (Phi) is 4.24. The Morgan fingerprint density at radius 1 is 0.947 bits per heavy atom. The molecule has 0 atom stereocenters. The van der Waals surface area contributed by atoms with Crippen molar-refractivity contribution in [1.29, 1.82) is 0 Å². The fourth-order valence-electron chi connectivity index (χ4n) is 2.14. The van der Waals surface area contributed by atoms with Gasteiger partial charge < -0.3 is 5.11 Å². The molecule has 2 nitrogen and oxygen atoms in total. The summed E-state index contributed by atoms with van der Waals surface area (Å²) in [6.45, 7) is 12.5. The van der Waals surface area contributed by atoms with Gasteiger partial charge in [-0.05, 0) is 45.7 Å². The fraction of sp³-hybridized carbons (Fsp3) is 0.471. The zero-order chi connectivity index (χ0) is 14.8. The maximum Gasteiger partial charge on any atom is 0.142 e. The summed E-state index contributed by atoms with van der Waals surface area (Å²) in [5.41, 5.74) is 2.70. The normalized spacial score (nSPS) is 12.9. The number of phenolic OH excluding ortho intramolecular Hbond substituents is 1. The van der Waals surface area contributed by atoms with Crippen molar-refractivity contribution < 1.29 is 9.90 Å². The summed E-state index contributed by atoms with van der Waals surface area (Å²) >= 11 is 0. The second-order valence-electron chi connectivity index (χ2n) is 6.95. The average molecular weight is 260 g/mol. The Balaban J connectivity index is 3.55. The van der Waals surface area contributed by atoms with E-state index in [4.69, 9.17) is 0 Å². The molecule has 0 aromatic heterocycles. The largest absolute Gasteiger partial charge is 0.508 e. The predicted molar refractivity (Wildman–Crippen MR) is 80.6 cm³/mol. The van der Waals surface area contributed by atoms with Gasteiger partial charge >= 0.3 is 0 Å². The maximum atomic E-state index is 10.6. The minimum absolute atomic E-state index is 0.0869. The summed E-state index contributed by atoms with van der Waals surface area (Å²) in [5.74, 6) is 0.320. The summed E-state index contributed by atoms with van der Waals surface area (Å²) in [6, 6.07) is 3.81. The van der Waals surface area contributed by atoms with E-state index in [1.54, 1.807) is 0 Å². The van der Waals surface area contributed by atoms with Crippen LogP contribution < -0.4 is 0 Å². The molecule has 0 radical (unpaired) electrons. The van der Waals surface area contributed by atoms with Gasteiger partial charge in [-0.15, -0.1) is 0 Å². The number of hydrogen-bond acceptors (Lipinski definition) is 2. The van der Waals surface area contributed by atoms with Crippen LogP contribution >= 0.6 is 0 Å². The first kappa shape index (κ1) is 15.5. The molecule has 0 heterocycles. The van der Waals surface area contributed by atoms with Gasteiger partial charge in [0.1, 0.15) is 12.0 Å². The van der Waals surface area contributed by atoms with E-state index in [1.165, 1.54) is 6.08 Å². The van der Waals surface area contributed by atoms with E-state index in [0.717, 1.165) is 23.0 Å². The molecule has 0 aliphatic rings. The summed E-state index contributed by atoms with van der Waals surface area (Å²) in [6.07, 6.45) is 4.08. The summed E-state index contributed by atoms with van der Waals surface area (Å²) in [4.78, 5) is 10.6. The number of carbonyl (C=O) groups excluding carboxylic acids is 1. The van der Waals surface area contributed by atoms with E-state index >= 15 is 0 Å². The molecular weight excluding hydrogens is 236 g/mol. The Morgan fingerprint density at radius 3 is 1.89 bits per heavy atom. The number of phenols is 1. The molecule has 0 aliphatic heterocycles. The average Bonchev–Trinajstić information content (AvgIpc) is 2.24. The number of allylic oxidation sites excluding steroid dienone is 1. The van der Waals surface area contributed by atoms with Crippen LogP contribution in [0.15, 0.2) is 18.2 Å². The van der Waals surface area contributed by atoms with E-state index < -0.39 is 0 Å². The van der Waals surface area contributed by atoms with Gasteiger partial charge in [-0.25, -0.2) is 0 Å². The van der Waals surface area contributed by atoms with Crippen LogP contribution in [0.1, 0.15) is 58.2 Å². The van der Waals surface area contributed by atoms with Crippen molar-refractivity contribution in [2.45, 2.75) is 52.4 Å². The van der Waals surface area contributed by atoms with E-state index in [0.29, 0.717) is 5.75 Å². The topological polar surface area (TPSA) is 37.3 Å². The molecular formula is C17H24O2. The highest BCUT2D eigenvalue weighted by Crippen LogP contribution is 2.37. The van der Waals surface area contributed by atoms with Crippen LogP contribution in [0.4, 0.5) is 0 Å². The Bertz CT molecular complexity index is 497. The lowest BCUT2D eigenvalue weighted by Gasteiger charge is -2.27. The Morgan fingerprint density at radius 2 is 1.47 bits per heavy atom. The van der Waals surface area contributed by atoms with Crippen molar-refractivity contribution in [3.8, 4) is 5.75 Å². The zero-order valence-electron chi connectivity index (χ0n) is 12.7. The smallest absolute Gasteiger partial charge is 0.142 e. The second-order valence-corrected chi connectivity index (χ2v) is 6.95. The molecule has 0 spiro atoms. The Hall–Kier alpha value is -1.57. The Labute approximate surface area is 116 Å². The second kappa shape index (κ2) is 5.20. The molecule has 1 aromatic rings. The molecule has 0 aliphatic carbocycles. The van der Waals surface area contributed by atoms with Gasteiger partial charge in [-0.2, -0.15) is 0 Å². The van der Waals surface area contributed by atoms with Crippen molar-refractivity contribution in [2.75, 3.05) is 0 Å². The third-order valence-electron chi connectivity index (χ3n) is 3.14. The number of hydrogen-bond donors (Lipinski definition) is 1. The van der Waals surface area contributed by atoms with Crippen molar-refractivity contribution >= 4 is 12.4 Å². The van der Waals surface area contributed by atoms with Crippen molar-refractivity contribution in [3.05, 3.63) is 34.9 Å². The molecule has 0 saturated heterocycles. The molecule has 1 aromatic carbocycles. The molecule has 104 valence electrons. The first-order chi connectivity index (χ1) is 8.57.